The van der Waals surface area contributed by atoms with Crippen molar-refractivity contribution in [3.05, 3.63) is 47.0 Å². The zero-order valence-electron chi connectivity index (χ0n) is 10.4. The molecule has 2 aromatic heterocycles. The molecule has 0 aliphatic heterocycles. The van der Waals surface area contributed by atoms with Crippen molar-refractivity contribution >= 4 is 12.6 Å². The molecule has 0 aliphatic carbocycles. The summed E-state index contributed by atoms with van der Waals surface area (Å²) in [5, 5.41) is 0. The predicted octanol–water partition coefficient (Wildman–Crippen LogP) is 2.76. The van der Waals surface area contributed by atoms with E-state index in [-0.39, 0.29) is 5.92 Å². The van der Waals surface area contributed by atoms with Gasteiger partial charge in [-0.05, 0) is 30.2 Å². The lowest BCUT2D eigenvalue weighted by molar-refractivity contribution is 0.111. The SMILES string of the molecule is CC(C)C(c1ccc(C=O)[nH]1)c1ccc(C=O)[nH]1. The Morgan fingerprint density at radius 2 is 1.33 bits per heavy atom. The van der Waals surface area contributed by atoms with Crippen LogP contribution < -0.4 is 0 Å². The van der Waals surface area contributed by atoms with E-state index >= 15 is 0 Å². The van der Waals surface area contributed by atoms with E-state index in [4.69, 9.17) is 0 Å². The topological polar surface area (TPSA) is 65.7 Å². The fourth-order valence-electron chi connectivity index (χ4n) is 2.25. The molecule has 0 amide bonds. The summed E-state index contributed by atoms with van der Waals surface area (Å²) in [4.78, 5) is 27.6. The molecule has 0 bridgehead atoms. The molecule has 2 heterocycles. The number of hydrogen-bond donors (Lipinski definition) is 2. The Bertz CT molecular complexity index is 505. The first-order valence-electron chi connectivity index (χ1n) is 5.94. The lowest BCUT2D eigenvalue weighted by atomic mass is 9.90. The molecule has 0 fully saturated rings. The lowest BCUT2D eigenvalue weighted by Gasteiger charge is -2.18. The highest BCUT2D eigenvalue weighted by atomic mass is 16.1. The van der Waals surface area contributed by atoms with Gasteiger partial charge in [-0.15, -0.1) is 0 Å². The van der Waals surface area contributed by atoms with Crippen LogP contribution in [0.3, 0.4) is 0 Å². The van der Waals surface area contributed by atoms with E-state index in [1.165, 1.54) is 0 Å². The maximum absolute atomic E-state index is 10.7. The van der Waals surface area contributed by atoms with E-state index in [1.807, 2.05) is 12.1 Å². The normalized spacial score (nSPS) is 11.1. The number of H-pyrrole nitrogens is 2. The van der Waals surface area contributed by atoms with Gasteiger partial charge >= 0.3 is 0 Å². The molecule has 2 rings (SSSR count). The summed E-state index contributed by atoms with van der Waals surface area (Å²) < 4.78 is 0. The third-order valence-electron chi connectivity index (χ3n) is 3.05. The van der Waals surface area contributed by atoms with Gasteiger partial charge in [-0.3, -0.25) is 9.59 Å². The molecule has 0 atom stereocenters. The van der Waals surface area contributed by atoms with Gasteiger partial charge in [-0.1, -0.05) is 13.8 Å². The number of hydrogen-bond acceptors (Lipinski definition) is 2. The third-order valence-corrected chi connectivity index (χ3v) is 3.05. The summed E-state index contributed by atoms with van der Waals surface area (Å²) in [6.45, 7) is 4.21. The van der Waals surface area contributed by atoms with Crippen LogP contribution in [0.15, 0.2) is 24.3 Å². The highest BCUT2D eigenvalue weighted by molar-refractivity contribution is 5.73. The monoisotopic (exact) mass is 244 g/mol. The van der Waals surface area contributed by atoms with Crippen molar-refractivity contribution in [2.75, 3.05) is 0 Å². The van der Waals surface area contributed by atoms with Crippen molar-refractivity contribution < 1.29 is 9.59 Å². The molecule has 94 valence electrons. The van der Waals surface area contributed by atoms with Crippen LogP contribution >= 0.6 is 0 Å². The maximum atomic E-state index is 10.7. The molecule has 2 aromatic rings. The van der Waals surface area contributed by atoms with Crippen molar-refractivity contribution in [2.24, 2.45) is 5.92 Å². The molecule has 0 spiro atoms. The molecule has 0 saturated heterocycles. The summed E-state index contributed by atoms with van der Waals surface area (Å²) in [6.07, 6.45) is 1.60. The van der Waals surface area contributed by atoms with E-state index in [1.54, 1.807) is 12.1 Å². The standard InChI is InChI=1S/C14H16N2O2/c1-9(2)14(12-5-3-10(7-17)15-12)13-6-4-11(8-18)16-13/h3-9,14-16H,1-2H3. The Balaban J connectivity index is 2.38. The van der Waals surface area contributed by atoms with Crippen molar-refractivity contribution in [1.29, 1.82) is 0 Å². The van der Waals surface area contributed by atoms with Gasteiger partial charge in [-0.25, -0.2) is 0 Å². The Morgan fingerprint density at radius 1 is 0.889 bits per heavy atom. The molecule has 4 heteroatoms. The number of aromatic amines is 2. The first-order valence-corrected chi connectivity index (χ1v) is 5.94. The van der Waals surface area contributed by atoms with Gasteiger partial charge in [0.05, 0.1) is 11.4 Å². The zero-order chi connectivity index (χ0) is 13.1. The fraction of sp³-hybridized carbons (Fsp3) is 0.286. The number of carbonyl (C=O) groups excluding carboxylic acids is 2. The Morgan fingerprint density at radius 3 is 1.61 bits per heavy atom. The Hall–Kier alpha value is -2.10. The van der Waals surface area contributed by atoms with Gasteiger partial charge in [0.2, 0.25) is 0 Å². The van der Waals surface area contributed by atoms with Crippen molar-refractivity contribution in [3.8, 4) is 0 Å². The van der Waals surface area contributed by atoms with Crippen molar-refractivity contribution in [3.63, 3.8) is 0 Å². The van der Waals surface area contributed by atoms with E-state index in [0.29, 0.717) is 17.3 Å². The van der Waals surface area contributed by atoms with Crippen molar-refractivity contribution in [1.82, 2.24) is 9.97 Å². The van der Waals surface area contributed by atoms with Crippen LogP contribution in [0.5, 0.6) is 0 Å². The number of carbonyl (C=O) groups is 2. The summed E-state index contributed by atoms with van der Waals surface area (Å²) >= 11 is 0. The molecule has 2 N–H and O–H groups in total. The zero-order valence-corrected chi connectivity index (χ0v) is 10.4. The summed E-state index contributed by atoms with van der Waals surface area (Å²) in [5.41, 5.74) is 3.09. The van der Waals surface area contributed by atoms with Crippen LogP contribution in [0.1, 0.15) is 52.1 Å². The minimum absolute atomic E-state index is 0.118. The van der Waals surface area contributed by atoms with Crippen LogP contribution in [0.4, 0.5) is 0 Å². The van der Waals surface area contributed by atoms with Gasteiger partial charge in [0.25, 0.3) is 0 Å². The molecule has 0 aliphatic rings. The second-order valence-corrected chi connectivity index (χ2v) is 4.70. The maximum Gasteiger partial charge on any atom is 0.166 e. The van der Waals surface area contributed by atoms with Gasteiger partial charge in [0.1, 0.15) is 0 Å². The Labute approximate surface area is 105 Å². The van der Waals surface area contributed by atoms with E-state index < -0.39 is 0 Å². The molecule has 0 aromatic carbocycles. The molecular formula is C14H16N2O2. The minimum atomic E-state index is 0.118. The molecule has 18 heavy (non-hydrogen) atoms. The van der Waals surface area contributed by atoms with E-state index in [0.717, 1.165) is 24.0 Å². The lowest BCUT2D eigenvalue weighted by Crippen LogP contribution is -2.10. The van der Waals surface area contributed by atoms with Gasteiger partial charge < -0.3 is 9.97 Å². The van der Waals surface area contributed by atoms with Gasteiger partial charge in [0.15, 0.2) is 12.6 Å². The number of aromatic nitrogens is 2. The summed E-state index contributed by atoms with van der Waals surface area (Å²) in [5.74, 6) is 0.466. The van der Waals surface area contributed by atoms with Crippen LogP contribution in [0.25, 0.3) is 0 Å². The average molecular weight is 244 g/mol. The molecule has 0 saturated carbocycles. The van der Waals surface area contributed by atoms with Gasteiger partial charge in [0, 0.05) is 17.3 Å². The van der Waals surface area contributed by atoms with Crippen LogP contribution in [-0.2, 0) is 0 Å². The molecule has 0 radical (unpaired) electrons. The van der Waals surface area contributed by atoms with Crippen LogP contribution in [0.2, 0.25) is 0 Å². The minimum Gasteiger partial charge on any atom is -0.356 e. The van der Waals surface area contributed by atoms with Gasteiger partial charge in [-0.2, -0.15) is 0 Å². The number of nitrogens with one attached hydrogen (secondary N) is 2. The number of rotatable bonds is 5. The highest BCUT2D eigenvalue weighted by Crippen LogP contribution is 2.30. The second kappa shape index (κ2) is 5.04. The average Bonchev–Trinajstić information content (AvgIpc) is 2.98. The Kier molecular flexibility index (Phi) is 3.46. The largest absolute Gasteiger partial charge is 0.356 e. The molecule has 0 unspecified atom stereocenters. The fourth-order valence-corrected chi connectivity index (χ4v) is 2.25. The summed E-state index contributed by atoms with van der Waals surface area (Å²) in [7, 11) is 0. The van der Waals surface area contributed by atoms with Crippen LogP contribution in [0, 0.1) is 5.92 Å². The molecule has 4 nitrogen and oxygen atoms in total. The van der Waals surface area contributed by atoms with Crippen LogP contribution in [-0.4, -0.2) is 22.5 Å². The quantitative estimate of drug-likeness (QED) is 0.794. The summed E-state index contributed by atoms with van der Waals surface area (Å²) in [6, 6.07) is 7.36. The first-order chi connectivity index (χ1) is 8.65. The van der Waals surface area contributed by atoms with E-state index in [2.05, 4.69) is 23.8 Å². The van der Waals surface area contributed by atoms with Crippen molar-refractivity contribution in [2.45, 2.75) is 19.8 Å². The highest BCUT2D eigenvalue weighted by Gasteiger charge is 2.21. The van der Waals surface area contributed by atoms with E-state index in [9.17, 15) is 9.59 Å². The smallest absolute Gasteiger partial charge is 0.166 e. The predicted molar refractivity (Wildman–Crippen MR) is 69.0 cm³/mol. The first kappa shape index (κ1) is 12.4. The second-order valence-electron chi connectivity index (χ2n) is 4.70. The molecular weight excluding hydrogens is 228 g/mol. The number of aldehydes is 2. The third kappa shape index (κ3) is 2.27.